The average Bonchev–Trinajstić information content (AvgIpc) is 2.50. The minimum Gasteiger partial charge on any atom is -0.385 e. The number of guanidine groups is 1. The van der Waals surface area contributed by atoms with E-state index >= 15 is 0 Å². The third kappa shape index (κ3) is 5.21. The second-order valence-electron chi connectivity index (χ2n) is 6.45. The molecule has 0 atom stereocenters. The lowest BCUT2D eigenvalue weighted by atomic mass is 9.67. The zero-order valence-electron chi connectivity index (χ0n) is 14.4. The van der Waals surface area contributed by atoms with Gasteiger partial charge in [0.2, 0.25) is 0 Å². The van der Waals surface area contributed by atoms with E-state index in [0.717, 1.165) is 36.5 Å². The quantitative estimate of drug-likeness (QED) is 0.559. The molecule has 1 saturated carbocycles. The summed E-state index contributed by atoms with van der Waals surface area (Å²) in [5.74, 6) is 0.871. The first-order valence-corrected chi connectivity index (χ1v) is 9.06. The van der Waals surface area contributed by atoms with Crippen molar-refractivity contribution in [2.24, 2.45) is 10.4 Å². The number of aliphatic imine (C=N–C) groups is 1. The smallest absolute Gasteiger partial charge is 0.191 e. The van der Waals surface area contributed by atoms with Gasteiger partial charge in [-0.1, -0.05) is 28.4 Å². The largest absolute Gasteiger partial charge is 0.385 e. The summed E-state index contributed by atoms with van der Waals surface area (Å²) in [7, 11) is 3.60. The van der Waals surface area contributed by atoms with Crippen LogP contribution in [0.1, 0.15) is 36.8 Å². The van der Waals surface area contributed by atoms with E-state index in [9.17, 15) is 0 Å². The van der Waals surface area contributed by atoms with E-state index in [1.807, 2.05) is 7.05 Å². The Morgan fingerprint density at radius 1 is 1.35 bits per heavy atom. The summed E-state index contributed by atoms with van der Waals surface area (Å²) < 4.78 is 6.37. The lowest BCUT2D eigenvalue weighted by Crippen LogP contribution is -2.46. The van der Waals surface area contributed by atoms with Crippen LogP contribution in [0.2, 0.25) is 0 Å². The van der Waals surface area contributed by atoms with Crippen LogP contribution in [0.4, 0.5) is 0 Å². The Hall–Kier alpha value is -1.07. The van der Waals surface area contributed by atoms with Crippen LogP contribution in [-0.2, 0) is 11.3 Å². The van der Waals surface area contributed by atoms with Crippen LogP contribution in [0.3, 0.4) is 0 Å². The molecule has 0 spiro atoms. The van der Waals surface area contributed by atoms with E-state index in [1.165, 1.54) is 30.4 Å². The highest BCUT2D eigenvalue weighted by Gasteiger charge is 2.36. The summed E-state index contributed by atoms with van der Waals surface area (Å²) in [6.45, 7) is 4.72. The van der Waals surface area contributed by atoms with Crippen molar-refractivity contribution in [3.05, 3.63) is 33.8 Å². The van der Waals surface area contributed by atoms with E-state index in [1.54, 1.807) is 7.11 Å². The maximum atomic E-state index is 5.26. The number of ether oxygens (including phenoxy) is 1. The Labute approximate surface area is 148 Å². The fourth-order valence-electron chi connectivity index (χ4n) is 3.04. The molecule has 1 aromatic rings. The second-order valence-corrected chi connectivity index (χ2v) is 7.36. The third-order valence-electron chi connectivity index (χ3n) is 4.86. The van der Waals surface area contributed by atoms with Gasteiger partial charge in [-0.2, -0.15) is 0 Å². The summed E-state index contributed by atoms with van der Waals surface area (Å²) in [6, 6.07) is 6.36. The Morgan fingerprint density at radius 2 is 2.13 bits per heavy atom. The molecule has 4 nitrogen and oxygen atoms in total. The van der Waals surface area contributed by atoms with Gasteiger partial charge < -0.3 is 15.4 Å². The van der Waals surface area contributed by atoms with Crippen molar-refractivity contribution in [2.75, 3.05) is 27.3 Å². The van der Waals surface area contributed by atoms with Gasteiger partial charge in [0.25, 0.3) is 0 Å². The highest BCUT2D eigenvalue weighted by Crippen LogP contribution is 2.43. The number of methoxy groups -OCH3 is 1. The lowest BCUT2D eigenvalue weighted by molar-refractivity contribution is 0.0732. The minimum absolute atomic E-state index is 0.390. The molecule has 0 radical (unpaired) electrons. The van der Waals surface area contributed by atoms with Gasteiger partial charge in [-0.05, 0) is 54.9 Å². The van der Waals surface area contributed by atoms with Crippen LogP contribution in [-0.4, -0.2) is 33.3 Å². The zero-order chi connectivity index (χ0) is 16.7. The number of hydrogen-bond donors (Lipinski definition) is 2. The fourth-order valence-corrected chi connectivity index (χ4v) is 3.51. The maximum absolute atomic E-state index is 5.26. The van der Waals surface area contributed by atoms with Gasteiger partial charge >= 0.3 is 0 Å². The number of benzene rings is 1. The van der Waals surface area contributed by atoms with Gasteiger partial charge in [-0.3, -0.25) is 4.99 Å². The van der Waals surface area contributed by atoms with E-state index in [4.69, 9.17) is 4.74 Å². The van der Waals surface area contributed by atoms with Gasteiger partial charge in [0.15, 0.2) is 5.96 Å². The monoisotopic (exact) mass is 381 g/mol. The van der Waals surface area contributed by atoms with Crippen molar-refractivity contribution in [1.82, 2.24) is 10.6 Å². The Bertz CT molecular complexity index is 541. The zero-order valence-corrected chi connectivity index (χ0v) is 16.0. The van der Waals surface area contributed by atoms with Crippen molar-refractivity contribution in [1.29, 1.82) is 0 Å². The number of nitrogens with one attached hydrogen (secondary N) is 2. The van der Waals surface area contributed by atoms with Gasteiger partial charge in [-0.25, -0.2) is 0 Å². The molecule has 0 heterocycles. The Balaban J connectivity index is 1.83. The molecule has 128 valence electrons. The van der Waals surface area contributed by atoms with Crippen LogP contribution in [0.25, 0.3) is 0 Å². The van der Waals surface area contributed by atoms with Gasteiger partial charge in [-0.15, -0.1) is 0 Å². The molecule has 1 fully saturated rings. The highest BCUT2D eigenvalue weighted by molar-refractivity contribution is 9.10. The third-order valence-corrected chi connectivity index (χ3v) is 5.35. The van der Waals surface area contributed by atoms with Crippen LogP contribution < -0.4 is 10.6 Å². The van der Waals surface area contributed by atoms with E-state index in [0.29, 0.717) is 5.41 Å². The average molecular weight is 382 g/mol. The standard InChI is InChI=1S/C18H28BrN3O/c1-14-11-16(19)6-5-15(14)12-21-17(20-2)22-13-18(7-4-8-18)9-10-23-3/h5-6,11H,4,7-10,12-13H2,1-3H3,(H2,20,21,22). The van der Waals surface area contributed by atoms with Gasteiger partial charge in [0, 0.05) is 38.3 Å². The molecule has 0 aromatic heterocycles. The normalized spacial score (nSPS) is 16.8. The molecule has 0 aliphatic heterocycles. The molecule has 23 heavy (non-hydrogen) atoms. The van der Waals surface area contributed by atoms with Crippen LogP contribution in [0.15, 0.2) is 27.7 Å². The number of aryl methyl sites for hydroxylation is 1. The topological polar surface area (TPSA) is 45.7 Å². The van der Waals surface area contributed by atoms with Crippen LogP contribution in [0.5, 0.6) is 0 Å². The van der Waals surface area contributed by atoms with Crippen molar-refractivity contribution in [3.8, 4) is 0 Å². The first-order chi connectivity index (χ1) is 11.1. The van der Waals surface area contributed by atoms with Crippen molar-refractivity contribution in [2.45, 2.75) is 39.2 Å². The summed E-state index contributed by atoms with van der Waals surface area (Å²) in [5, 5.41) is 6.91. The molecular formula is C18H28BrN3O. The molecule has 2 N–H and O–H groups in total. The van der Waals surface area contributed by atoms with Gasteiger partial charge in [0.05, 0.1) is 0 Å². The lowest BCUT2D eigenvalue weighted by Gasteiger charge is -2.42. The summed E-state index contributed by atoms with van der Waals surface area (Å²) in [4.78, 5) is 4.35. The first kappa shape index (κ1) is 18.3. The Morgan fingerprint density at radius 3 is 2.70 bits per heavy atom. The molecule has 1 aliphatic rings. The predicted octanol–water partition coefficient (Wildman–Crippen LogP) is 3.63. The fraction of sp³-hybridized carbons (Fsp3) is 0.611. The Kier molecular flexibility index (Phi) is 6.90. The van der Waals surface area contributed by atoms with Gasteiger partial charge in [0.1, 0.15) is 0 Å². The molecule has 0 bridgehead atoms. The van der Waals surface area contributed by atoms with Crippen LogP contribution in [0, 0.1) is 12.3 Å². The number of halogens is 1. The van der Waals surface area contributed by atoms with E-state index in [2.05, 4.69) is 56.7 Å². The number of nitrogens with zero attached hydrogens (tertiary/aromatic N) is 1. The summed E-state index contributed by atoms with van der Waals surface area (Å²) in [6.07, 6.45) is 5.02. The molecule has 5 heteroatoms. The molecule has 2 rings (SSSR count). The van der Waals surface area contributed by atoms with E-state index < -0.39 is 0 Å². The second kappa shape index (κ2) is 8.69. The maximum Gasteiger partial charge on any atom is 0.191 e. The van der Waals surface area contributed by atoms with Crippen molar-refractivity contribution >= 4 is 21.9 Å². The summed E-state index contributed by atoms with van der Waals surface area (Å²) >= 11 is 3.50. The first-order valence-electron chi connectivity index (χ1n) is 8.27. The molecule has 0 saturated heterocycles. The molecule has 1 aromatic carbocycles. The number of rotatable bonds is 7. The number of hydrogen-bond acceptors (Lipinski definition) is 2. The predicted molar refractivity (Wildman–Crippen MR) is 99.9 cm³/mol. The minimum atomic E-state index is 0.390. The molecule has 0 unspecified atom stereocenters. The molecule has 1 aliphatic carbocycles. The van der Waals surface area contributed by atoms with Crippen LogP contribution >= 0.6 is 15.9 Å². The molecule has 0 amide bonds. The molecular weight excluding hydrogens is 354 g/mol. The SMILES string of the molecule is CN=C(NCc1ccc(Br)cc1C)NCC1(CCOC)CCC1. The van der Waals surface area contributed by atoms with Crippen molar-refractivity contribution in [3.63, 3.8) is 0 Å². The van der Waals surface area contributed by atoms with Crippen molar-refractivity contribution < 1.29 is 4.74 Å². The highest BCUT2D eigenvalue weighted by atomic mass is 79.9. The summed E-state index contributed by atoms with van der Waals surface area (Å²) in [5.41, 5.74) is 2.95. The van der Waals surface area contributed by atoms with E-state index in [-0.39, 0.29) is 0 Å².